The molecule has 19 heavy (non-hydrogen) atoms. The summed E-state index contributed by atoms with van der Waals surface area (Å²) in [6, 6.07) is 0. The third-order valence-corrected chi connectivity index (χ3v) is 3.98. The fraction of sp³-hybridized carbons (Fsp3) is 0.929. The van der Waals surface area contributed by atoms with Crippen molar-refractivity contribution in [2.75, 3.05) is 26.3 Å². The number of amides is 1. The third-order valence-electron chi connectivity index (χ3n) is 3.98. The first-order chi connectivity index (χ1) is 8.75. The minimum atomic E-state index is -0.468. The van der Waals surface area contributed by atoms with E-state index in [1.807, 2.05) is 20.8 Å². The largest absolute Gasteiger partial charge is 0.444 e. The monoisotopic (exact) mass is 271 g/mol. The topological polar surface area (TPSA) is 59.0 Å². The molecule has 0 radical (unpaired) electrons. The average Bonchev–Trinajstić information content (AvgIpc) is 3.01. The van der Waals surface area contributed by atoms with Crippen molar-refractivity contribution in [1.82, 2.24) is 4.90 Å². The highest BCUT2D eigenvalue weighted by atomic mass is 16.6. The Morgan fingerprint density at radius 2 is 2.21 bits per heavy atom. The summed E-state index contributed by atoms with van der Waals surface area (Å²) in [6.45, 7) is 9.54. The van der Waals surface area contributed by atoms with E-state index in [-0.39, 0.29) is 24.2 Å². The lowest BCUT2D eigenvalue weighted by Crippen LogP contribution is -2.48. The Labute approximate surface area is 114 Å². The van der Waals surface area contributed by atoms with Crippen molar-refractivity contribution in [3.8, 4) is 0 Å². The van der Waals surface area contributed by atoms with Gasteiger partial charge < -0.3 is 19.5 Å². The second-order valence-corrected chi connectivity index (χ2v) is 6.96. The second-order valence-electron chi connectivity index (χ2n) is 6.96. The molecule has 1 aliphatic carbocycles. The van der Waals surface area contributed by atoms with Crippen LogP contribution in [-0.4, -0.2) is 54.1 Å². The minimum Gasteiger partial charge on any atom is -0.444 e. The average molecular weight is 271 g/mol. The number of rotatable bonds is 2. The number of nitrogens with zero attached hydrogens (tertiary/aromatic N) is 1. The zero-order chi connectivity index (χ0) is 14.3. The highest BCUT2D eigenvalue weighted by molar-refractivity contribution is 5.68. The molecule has 2 fully saturated rings. The van der Waals surface area contributed by atoms with Gasteiger partial charge in [-0.05, 0) is 38.5 Å². The summed E-state index contributed by atoms with van der Waals surface area (Å²) in [6.07, 6.45) is 0.724. The lowest BCUT2D eigenvalue weighted by atomic mass is 10.0. The maximum absolute atomic E-state index is 12.0. The number of carbonyl (C=O) groups is 1. The lowest BCUT2D eigenvalue weighted by molar-refractivity contribution is -0.0555. The van der Waals surface area contributed by atoms with Crippen LogP contribution in [0, 0.1) is 11.3 Å². The Balaban J connectivity index is 1.89. The predicted octanol–water partition coefficient (Wildman–Crippen LogP) is 1.64. The van der Waals surface area contributed by atoms with Gasteiger partial charge in [-0.2, -0.15) is 0 Å². The Kier molecular flexibility index (Phi) is 3.80. The van der Waals surface area contributed by atoms with Gasteiger partial charge in [0.05, 0.1) is 19.3 Å². The molecule has 0 bridgehead atoms. The summed E-state index contributed by atoms with van der Waals surface area (Å²) in [5, 5.41) is 9.33. The molecule has 1 amide bonds. The van der Waals surface area contributed by atoms with Crippen molar-refractivity contribution >= 4 is 6.09 Å². The van der Waals surface area contributed by atoms with Crippen molar-refractivity contribution in [2.45, 2.75) is 45.8 Å². The van der Waals surface area contributed by atoms with E-state index in [9.17, 15) is 9.90 Å². The van der Waals surface area contributed by atoms with Crippen LogP contribution in [-0.2, 0) is 9.47 Å². The third kappa shape index (κ3) is 3.39. The molecule has 5 nitrogen and oxygen atoms in total. The Morgan fingerprint density at radius 3 is 2.74 bits per heavy atom. The van der Waals surface area contributed by atoms with Crippen LogP contribution in [0.1, 0.15) is 34.1 Å². The predicted molar refractivity (Wildman–Crippen MR) is 70.8 cm³/mol. The van der Waals surface area contributed by atoms with Gasteiger partial charge in [-0.1, -0.05) is 6.92 Å². The van der Waals surface area contributed by atoms with Crippen LogP contribution in [0.5, 0.6) is 0 Å². The van der Waals surface area contributed by atoms with Crippen LogP contribution in [0.15, 0.2) is 0 Å². The Morgan fingerprint density at radius 1 is 1.53 bits per heavy atom. The molecular weight excluding hydrogens is 246 g/mol. The molecule has 2 aliphatic rings. The van der Waals surface area contributed by atoms with E-state index in [1.54, 1.807) is 4.90 Å². The summed E-state index contributed by atoms with van der Waals surface area (Å²) in [7, 11) is 0. The summed E-state index contributed by atoms with van der Waals surface area (Å²) in [5.74, 6) is 0.350. The molecular formula is C14H25NO4. The van der Waals surface area contributed by atoms with Crippen LogP contribution in [0.2, 0.25) is 0 Å². The molecule has 3 atom stereocenters. The Hall–Kier alpha value is -0.810. The van der Waals surface area contributed by atoms with Gasteiger partial charge in [0.2, 0.25) is 0 Å². The van der Waals surface area contributed by atoms with E-state index < -0.39 is 5.60 Å². The number of aliphatic hydroxyl groups excluding tert-OH is 1. The number of hydrogen-bond donors (Lipinski definition) is 1. The van der Waals surface area contributed by atoms with Crippen molar-refractivity contribution < 1.29 is 19.4 Å². The van der Waals surface area contributed by atoms with E-state index >= 15 is 0 Å². The first-order valence-electron chi connectivity index (χ1n) is 6.95. The summed E-state index contributed by atoms with van der Waals surface area (Å²) in [5.41, 5.74) is -0.494. The van der Waals surface area contributed by atoms with Crippen molar-refractivity contribution in [1.29, 1.82) is 0 Å². The summed E-state index contributed by atoms with van der Waals surface area (Å²) >= 11 is 0. The van der Waals surface area contributed by atoms with Gasteiger partial charge in [0, 0.05) is 13.2 Å². The lowest BCUT2D eigenvalue weighted by Gasteiger charge is -2.35. The van der Waals surface area contributed by atoms with E-state index in [1.165, 1.54) is 0 Å². The molecule has 1 heterocycles. The maximum Gasteiger partial charge on any atom is 0.410 e. The molecule has 0 spiro atoms. The molecule has 0 aromatic carbocycles. The van der Waals surface area contributed by atoms with Crippen LogP contribution in [0.3, 0.4) is 0 Å². The molecule has 5 heteroatoms. The van der Waals surface area contributed by atoms with E-state index in [4.69, 9.17) is 9.47 Å². The molecule has 1 aliphatic heterocycles. The fourth-order valence-corrected chi connectivity index (χ4v) is 2.62. The van der Waals surface area contributed by atoms with Crippen LogP contribution < -0.4 is 0 Å². The first-order valence-corrected chi connectivity index (χ1v) is 6.95. The molecule has 0 aromatic heterocycles. The van der Waals surface area contributed by atoms with Gasteiger partial charge in [-0.15, -0.1) is 0 Å². The van der Waals surface area contributed by atoms with E-state index in [2.05, 4.69) is 6.92 Å². The zero-order valence-electron chi connectivity index (χ0n) is 12.3. The van der Waals surface area contributed by atoms with Crippen molar-refractivity contribution in [3.63, 3.8) is 0 Å². The fourth-order valence-electron chi connectivity index (χ4n) is 2.62. The number of aliphatic hydroxyl groups is 1. The maximum atomic E-state index is 12.0. The highest BCUT2D eigenvalue weighted by Crippen LogP contribution is 2.54. The molecule has 1 N–H and O–H groups in total. The smallest absolute Gasteiger partial charge is 0.410 e. The number of carbonyl (C=O) groups excluding carboxylic acids is 1. The highest BCUT2D eigenvalue weighted by Gasteiger charge is 2.55. The van der Waals surface area contributed by atoms with E-state index in [0.29, 0.717) is 25.6 Å². The minimum absolute atomic E-state index is 0.0262. The number of morpholine rings is 1. The Bertz CT molecular complexity index is 352. The van der Waals surface area contributed by atoms with Crippen molar-refractivity contribution in [3.05, 3.63) is 0 Å². The van der Waals surface area contributed by atoms with Crippen molar-refractivity contribution in [2.24, 2.45) is 11.3 Å². The first kappa shape index (κ1) is 14.6. The van der Waals surface area contributed by atoms with Crippen LogP contribution in [0.4, 0.5) is 4.79 Å². The number of ether oxygens (including phenoxy) is 2. The molecule has 0 aromatic rings. The van der Waals surface area contributed by atoms with Gasteiger partial charge in [-0.25, -0.2) is 4.79 Å². The molecule has 1 saturated carbocycles. The van der Waals surface area contributed by atoms with Crippen LogP contribution in [0.25, 0.3) is 0 Å². The SMILES string of the molecule is CC(C)(C)OC(=O)N1CCO[C@@H](C2CC2(C)CO)C1. The molecule has 2 unspecified atom stereocenters. The summed E-state index contributed by atoms with van der Waals surface area (Å²) < 4.78 is 11.1. The van der Waals surface area contributed by atoms with Crippen LogP contribution >= 0.6 is 0 Å². The van der Waals surface area contributed by atoms with Gasteiger partial charge in [-0.3, -0.25) is 0 Å². The van der Waals surface area contributed by atoms with Gasteiger partial charge in [0.25, 0.3) is 0 Å². The standard InChI is InChI=1S/C14H25NO4/c1-13(2,3)19-12(17)15-5-6-18-11(8-15)10-7-14(10,4)9-16/h10-11,16H,5-9H2,1-4H3/t10?,11-,14?/m1/s1. The second kappa shape index (κ2) is 4.94. The molecule has 1 saturated heterocycles. The van der Waals surface area contributed by atoms with E-state index in [0.717, 1.165) is 6.42 Å². The van der Waals surface area contributed by atoms with Gasteiger partial charge in [0.1, 0.15) is 5.60 Å². The van der Waals surface area contributed by atoms with Gasteiger partial charge in [0.15, 0.2) is 0 Å². The quantitative estimate of drug-likeness (QED) is 0.829. The molecule has 110 valence electrons. The zero-order valence-corrected chi connectivity index (χ0v) is 12.3. The number of hydrogen-bond acceptors (Lipinski definition) is 4. The molecule has 2 rings (SSSR count). The summed E-state index contributed by atoms with van der Waals surface area (Å²) in [4.78, 5) is 13.7. The van der Waals surface area contributed by atoms with Gasteiger partial charge >= 0.3 is 6.09 Å². The normalized spacial score (nSPS) is 35.1.